The first kappa shape index (κ1) is 11.3. The maximum Gasteiger partial charge on any atom is 0.355 e. The Balaban J connectivity index is 2.62. The average Bonchev–Trinajstić information content (AvgIpc) is 2.59. The summed E-state index contributed by atoms with van der Waals surface area (Å²) < 4.78 is 5.42. The number of carboxylic acids is 1. The van der Waals surface area contributed by atoms with E-state index in [1.165, 1.54) is 0 Å². The summed E-state index contributed by atoms with van der Waals surface area (Å²) in [5, 5.41) is 9.10. The topological polar surface area (TPSA) is 76.2 Å². The van der Waals surface area contributed by atoms with E-state index in [-0.39, 0.29) is 5.69 Å². The molecule has 0 aliphatic heterocycles. The number of oxazole rings is 1. The average molecular weight is 232 g/mol. The van der Waals surface area contributed by atoms with Crippen LogP contribution in [0.3, 0.4) is 0 Å². The molecular formula is C12H12N2O3. The van der Waals surface area contributed by atoms with Crippen molar-refractivity contribution >= 4 is 5.97 Å². The molecule has 0 fully saturated rings. The van der Waals surface area contributed by atoms with E-state index in [4.69, 9.17) is 9.52 Å². The second-order valence-electron chi connectivity index (χ2n) is 3.81. The molecule has 2 rings (SSSR count). The van der Waals surface area contributed by atoms with Gasteiger partial charge >= 0.3 is 5.97 Å². The van der Waals surface area contributed by atoms with Gasteiger partial charge in [-0.1, -0.05) is 0 Å². The van der Waals surface area contributed by atoms with Crippen molar-refractivity contribution in [3.63, 3.8) is 0 Å². The Labute approximate surface area is 98.1 Å². The summed E-state index contributed by atoms with van der Waals surface area (Å²) in [5.41, 5.74) is 1.76. The van der Waals surface area contributed by atoms with E-state index < -0.39 is 5.97 Å². The van der Waals surface area contributed by atoms with Gasteiger partial charge in [0.25, 0.3) is 0 Å². The van der Waals surface area contributed by atoms with E-state index in [2.05, 4.69) is 9.97 Å². The first-order valence-corrected chi connectivity index (χ1v) is 5.14. The standard InChI is InChI=1S/C12H12N2O3/c1-6-4-5-9(10(13-6)12(15)16)11-14-7(2)8(3)17-11/h4-5H,1-3H3,(H,15,16). The molecule has 2 aromatic heterocycles. The number of nitrogens with zero attached hydrogens (tertiary/aromatic N) is 2. The fourth-order valence-electron chi connectivity index (χ4n) is 1.48. The largest absolute Gasteiger partial charge is 0.476 e. The Morgan fingerprint density at radius 1 is 1.24 bits per heavy atom. The monoisotopic (exact) mass is 232 g/mol. The van der Waals surface area contributed by atoms with Gasteiger partial charge in [-0.25, -0.2) is 14.8 Å². The van der Waals surface area contributed by atoms with Crippen LogP contribution in [0.25, 0.3) is 11.5 Å². The quantitative estimate of drug-likeness (QED) is 0.860. The second-order valence-corrected chi connectivity index (χ2v) is 3.81. The van der Waals surface area contributed by atoms with Crippen molar-refractivity contribution in [1.29, 1.82) is 0 Å². The second kappa shape index (κ2) is 4.01. The molecule has 0 saturated carbocycles. The van der Waals surface area contributed by atoms with Crippen molar-refractivity contribution in [1.82, 2.24) is 9.97 Å². The zero-order chi connectivity index (χ0) is 12.6. The molecule has 2 heterocycles. The molecule has 0 aromatic carbocycles. The summed E-state index contributed by atoms with van der Waals surface area (Å²) in [7, 11) is 0. The van der Waals surface area contributed by atoms with Gasteiger partial charge in [0.2, 0.25) is 5.89 Å². The maximum atomic E-state index is 11.1. The minimum Gasteiger partial charge on any atom is -0.476 e. The van der Waals surface area contributed by atoms with Crippen LogP contribution >= 0.6 is 0 Å². The van der Waals surface area contributed by atoms with Crippen LogP contribution in [0.15, 0.2) is 16.5 Å². The van der Waals surface area contributed by atoms with Gasteiger partial charge in [-0.3, -0.25) is 0 Å². The lowest BCUT2D eigenvalue weighted by molar-refractivity contribution is 0.0691. The van der Waals surface area contributed by atoms with Crippen LogP contribution in [0.2, 0.25) is 0 Å². The minimum atomic E-state index is -1.09. The van der Waals surface area contributed by atoms with Gasteiger partial charge in [0.1, 0.15) is 5.76 Å². The SMILES string of the molecule is Cc1ccc(-c2nc(C)c(C)o2)c(C(=O)O)n1. The highest BCUT2D eigenvalue weighted by Gasteiger charge is 2.18. The predicted octanol–water partition coefficient (Wildman–Crippen LogP) is 2.36. The lowest BCUT2D eigenvalue weighted by Crippen LogP contribution is -2.04. The van der Waals surface area contributed by atoms with E-state index in [0.717, 1.165) is 5.69 Å². The Hall–Kier alpha value is -2.17. The predicted molar refractivity (Wildman–Crippen MR) is 60.9 cm³/mol. The third kappa shape index (κ3) is 2.04. The number of hydrogen-bond donors (Lipinski definition) is 1. The molecule has 0 aliphatic rings. The number of hydrogen-bond acceptors (Lipinski definition) is 4. The van der Waals surface area contributed by atoms with Crippen LogP contribution < -0.4 is 0 Å². The van der Waals surface area contributed by atoms with Gasteiger partial charge in [0.05, 0.1) is 11.3 Å². The van der Waals surface area contributed by atoms with Crippen LogP contribution in [-0.4, -0.2) is 21.0 Å². The number of pyridine rings is 1. The summed E-state index contributed by atoms with van der Waals surface area (Å²) in [6, 6.07) is 3.40. The van der Waals surface area contributed by atoms with Gasteiger partial charge in [0.15, 0.2) is 5.69 Å². The molecule has 2 aromatic rings. The van der Waals surface area contributed by atoms with Crippen molar-refractivity contribution in [2.24, 2.45) is 0 Å². The third-order valence-corrected chi connectivity index (χ3v) is 2.50. The summed E-state index contributed by atoms with van der Waals surface area (Å²) in [6.07, 6.45) is 0. The van der Waals surface area contributed by atoms with Crippen molar-refractivity contribution in [3.8, 4) is 11.5 Å². The number of carboxylic acid groups (broad SMARTS) is 1. The van der Waals surface area contributed by atoms with E-state index in [9.17, 15) is 4.79 Å². The molecular weight excluding hydrogens is 220 g/mol. The Morgan fingerprint density at radius 2 is 1.94 bits per heavy atom. The normalized spacial score (nSPS) is 10.5. The smallest absolute Gasteiger partial charge is 0.355 e. The first-order chi connectivity index (χ1) is 7.99. The molecule has 0 bridgehead atoms. The minimum absolute atomic E-state index is 0.0359. The van der Waals surface area contributed by atoms with E-state index in [1.54, 1.807) is 26.0 Å². The molecule has 0 atom stereocenters. The van der Waals surface area contributed by atoms with Crippen molar-refractivity contribution in [2.75, 3.05) is 0 Å². The molecule has 0 saturated heterocycles. The molecule has 88 valence electrons. The fourth-order valence-corrected chi connectivity index (χ4v) is 1.48. The summed E-state index contributed by atoms with van der Waals surface area (Å²) in [6.45, 7) is 5.33. The van der Waals surface area contributed by atoms with Gasteiger partial charge in [-0.2, -0.15) is 0 Å². The van der Waals surface area contributed by atoms with Crippen LogP contribution in [-0.2, 0) is 0 Å². The zero-order valence-corrected chi connectivity index (χ0v) is 9.81. The molecule has 0 aliphatic carbocycles. The summed E-state index contributed by atoms with van der Waals surface area (Å²) in [5.74, 6) is -0.112. The van der Waals surface area contributed by atoms with Crippen LogP contribution in [0.5, 0.6) is 0 Å². The maximum absolute atomic E-state index is 11.1. The number of aromatic nitrogens is 2. The summed E-state index contributed by atoms with van der Waals surface area (Å²) >= 11 is 0. The van der Waals surface area contributed by atoms with Crippen molar-refractivity contribution in [3.05, 3.63) is 35.0 Å². The van der Waals surface area contributed by atoms with Gasteiger partial charge in [-0.05, 0) is 32.9 Å². The summed E-state index contributed by atoms with van der Waals surface area (Å²) in [4.78, 5) is 19.3. The molecule has 5 heteroatoms. The van der Waals surface area contributed by atoms with Crippen LogP contribution in [0.4, 0.5) is 0 Å². The number of aryl methyl sites for hydroxylation is 3. The van der Waals surface area contributed by atoms with Crippen molar-refractivity contribution in [2.45, 2.75) is 20.8 Å². The number of aromatic carboxylic acids is 1. The Morgan fingerprint density at radius 3 is 2.47 bits per heavy atom. The van der Waals surface area contributed by atoms with Crippen LogP contribution in [0.1, 0.15) is 27.6 Å². The number of rotatable bonds is 2. The fraction of sp³-hybridized carbons (Fsp3) is 0.250. The van der Waals surface area contributed by atoms with Gasteiger partial charge < -0.3 is 9.52 Å². The lowest BCUT2D eigenvalue weighted by Gasteiger charge is -2.02. The van der Waals surface area contributed by atoms with Crippen LogP contribution in [0, 0.1) is 20.8 Å². The van der Waals surface area contributed by atoms with E-state index in [1.807, 2.05) is 6.92 Å². The highest BCUT2D eigenvalue weighted by atomic mass is 16.4. The lowest BCUT2D eigenvalue weighted by atomic mass is 10.1. The molecule has 17 heavy (non-hydrogen) atoms. The highest BCUT2D eigenvalue weighted by Crippen LogP contribution is 2.24. The molecule has 1 N–H and O–H groups in total. The Bertz CT molecular complexity index is 568. The highest BCUT2D eigenvalue weighted by molar-refractivity contribution is 5.92. The molecule has 0 unspecified atom stereocenters. The van der Waals surface area contributed by atoms with Crippen molar-refractivity contribution < 1.29 is 14.3 Å². The molecule has 0 radical (unpaired) electrons. The van der Waals surface area contributed by atoms with Gasteiger partial charge in [-0.15, -0.1) is 0 Å². The van der Waals surface area contributed by atoms with E-state index >= 15 is 0 Å². The van der Waals surface area contributed by atoms with Gasteiger partial charge in [0, 0.05) is 5.69 Å². The molecule has 5 nitrogen and oxygen atoms in total. The Kier molecular flexibility index (Phi) is 2.67. The molecule has 0 spiro atoms. The zero-order valence-electron chi connectivity index (χ0n) is 9.81. The van der Waals surface area contributed by atoms with E-state index in [0.29, 0.717) is 22.9 Å². The molecule has 0 amide bonds. The first-order valence-electron chi connectivity index (χ1n) is 5.14. The third-order valence-electron chi connectivity index (χ3n) is 2.50. The number of carbonyl (C=O) groups is 1.